The first-order chi connectivity index (χ1) is 4.74. The fourth-order valence-corrected chi connectivity index (χ4v) is 1.18. The Kier molecular flexibility index (Phi) is 2.43. The van der Waals surface area contributed by atoms with Crippen LogP contribution in [0.1, 0.15) is 5.56 Å². The minimum absolute atomic E-state index is 0.175. The van der Waals surface area contributed by atoms with E-state index < -0.39 is 0 Å². The van der Waals surface area contributed by atoms with Crippen LogP contribution in [0.15, 0.2) is 24.8 Å². The molecule has 0 aliphatic rings. The summed E-state index contributed by atoms with van der Waals surface area (Å²) in [5.74, 6) is -0.175. The first-order valence-corrected chi connectivity index (χ1v) is 3.89. The number of hydrogen-bond acceptors (Lipinski definition) is 0. The lowest BCUT2D eigenvalue weighted by Gasteiger charge is -1.94. The Morgan fingerprint density at radius 2 is 2.20 bits per heavy atom. The summed E-state index contributed by atoms with van der Waals surface area (Å²) in [4.78, 5) is 0. The third kappa shape index (κ3) is 1.56. The number of benzene rings is 1. The third-order valence-corrected chi connectivity index (χ3v) is 2.01. The van der Waals surface area contributed by atoms with Gasteiger partial charge in [-0.05, 0) is 40.3 Å². The molecule has 2 heteroatoms. The van der Waals surface area contributed by atoms with E-state index in [1.807, 2.05) is 22.6 Å². The highest BCUT2D eigenvalue weighted by atomic mass is 127. The zero-order chi connectivity index (χ0) is 7.56. The molecule has 10 heavy (non-hydrogen) atoms. The van der Waals surface area contributed by atoms with Crippen molar-refractivity contribution in [3.05, 3.63) is 39.7 Å². The highest BCUT2D eigenvalue weighted by molar-refractivity contribution is 14.1. The van der Waals surface area contributed by atoms with Gasteiger partial charge in [0, 0.05) is 3.57 Å². The van der Waals surface area contributed by atoms with Crippen LogP contribution >= 0.6 is 22.6 Å². The van der Waals surface area contributed by atoms with E-state index in [0.29, 0.717) is 3.57 Å². The first-order valence-electron chi connectivity index (χ1n) is 2.81. The maximum Gasteiger partial charge on any atom is 0.136 e. The van der Waals surface area contributed by atoms with Crippen LogP contribution in [-0.4, -0.2) is 0 Å². The summed E-state index contributed by atoms with van der Waals surface area (Å²) >= 11 is 1.95. The SMILES string of the molecule is C=Cc1ccc(F)c(I)c1. The Morgan fingerprint density at radius 3 is 2.70 bits per heavy atom. The van der Waals surface area contributed by atoms with Gasteiger partial charge in [0.05, 0.1) is 0 Å². The molecule has 52 valence electrons. The molecule has 0 aromatic heterocycles. The van der Waals surface area contributed by atoms with E-state index >= 15 is 0 Å². The lowest BCUT2D eigenvalue weighted by Crippen LogP contribution is -1.80. The Balaban J connectivity index is 3.16. The van der Waals surface area contributed by atoms with Crippen molar-refractivity contribution in [3.63, 3.8) is 0 Å². The van der Waals surface area contributed by atoms with Gasteiger partial charge in [-0.15, -0.1) is 0 Å². The molecule has 0 N–H and O–H groups in total. The van der Waals surface area contributed by atoms with Crippen LogP contribution in [0.4, 0.5) is 4.39 Å². The third-order valence-electron chi connectivity index (χ3n) is 1.18. The van der Waals surface area contributed by atoms with Gasteiger partial charge in [0.15, 0.2) is 0 Å². The smallest absolute Gasteiger partial charge is 0.136 e. The number of halogens is 2. The van der Waals surface area contributed by atoms with Crippen LogP contribution in [0.3, 0.4) is 0 Å². The average Bonchev–Trinajstić information content (AvgIpc) is 1.95. The highest BCUT2D eigenvalue weighted by Crippen LogP contribution is 2.12. The van der Waals surface area contributed by atoms with Crippen LogP contribution in [0, 0.1) is 9.39 Å². The van der Waals surface area contributed by atoms with Gasteiger partial charge in [-0.2, -0.15) is 0 Å². The Bertz CT molecular complexity index is 255. The average molecular weight is 248 g/mol. The molecule has 0 heterocycles. The molecule has 0 atom stereocenters. The summed E-state index contributed by atoms with van der Waals surface area (Å²) < 4.78 is 13.2. The molecular formula is C8H6FI. The molecule has 0 aliphatic carbocycles. The van der Waals surface area contributed by atoms with Crippen LogP contribution < -0.4 is 0 Å². The molecule has 0 radical (unpaired) electrons. The predicted molar refractivity (Wildman–Crippen MR) is 49.2 cm³/mol. The molecule has 0 amide bonds. The van der Waals surface area contributed by atoms with Crippen molar-refractivity contribution >= 4 is 28.7 Å². The van der Waals surface area contributed by atoms with Crippen molar-refractivity contribution in [2.75, 3.05) is 0 Å². The van der Waals surface area contributed by atoms with Crippen molar-refractivity contribution < 1.29 is 4.39 Å². The first kappa shape index (κ1) is 7.72. The van der Waals surface area contributed by atoms with Gasteiger partial charge >= 0.3 is 0 Å². The van der Waals surface area contributed by atoms with E-state index in [2.05, 4.69) is 6.58 Å². The van der Waals surface area contributed by atoms with Crippen LogP contribution in [0.25, 0.3) is 6.08 Å². The molecule has 1 aromatic carbocycles. The summed E-state index contributed by atoms with van der Waals surface area (Å²) in [6, 6.07) is 4.90. The standard InChI is InChI=1S/C8H6FI/c1-2-6-3-4-7(9)8(10)5-6/h2-5H,1H2. The largest absolute Gasteiger partial charge is 0.206 e. The van der Waals surface area contributed by atoms with Crippen molar-refractivity contribution in [2.24, 2.45) is 0 Å². The monoisotopic (exact) mass is 248 g/mol. The maximum absolute atomic E-state index is 12.6. The molecule has 1 rings (SSSR count). The number of rotatable bonds is 1. The molecular weight excluding hydrogens is 242 g/mol. The van der Waals surface area contributed by atoms with E-state index in [1.165, 1.54) is 6.07 Å². The zero-order valence-corrected chi connectivity index (χ0v) is 7.43. The molecule has 0 fully saturated rings. The van der Waals surface area contributed by atoms with Crippen molar-refractivity contribution in [1.82, 2.24) is 0 Å². The summed E-state index contributed by atoms with van der Waals surface area (Å²) in [7, 11) is 0. The minimum atomic E-state index is -0.175. The lowest BCUT2D eigenvalue weighted by atomic mass is 10.2. The molecule has 0 nitrogen and oxygen atoms in total. The Labute approximate surface area is 72.9 Å². The normalized spacial score (nSPS) is 9.40. The highest BCUT2D eigenvalue weighted by Gasteiger charge is 1.95. The second-order valence-electron chi connectivity index (χ2n) is 1.88. The Morgan fingerprint density at radius 1 is 1.50 bits per heavy atom. The molecule has 0 spiro atoms. The van der Waals surface area contributed by atoms with Crippen LogP contribution in [0.2, 0.25) is 0 Å². The van der Waals surface area contributed by atoms with Gasteiger partial charge in [0.2, 0.25) is 0 Å². The second kappa shape index (κ2) is 3.14. The van der Waals surface area contributed by atoms with Gasteiger partial charge in [-0.1, -0.05) is 18.7 Å². The van der Waals surface area contributed by atoms with Crippen molar-refractivity contribution in [3.8, 4) is 0 Å². The summed E-state index contributed by atoms with van der Waals surface area (Å²) in [5, 5.41) is 0. The van der Waals surface area contributed by atoms with Gasteiger partial charge in [-0.3, -0.25) is 0 Å². The maximum atomic E-state index is 12.6. The van der Waals surface area contributed by atoms with Crippen LogP contribution in [0.5, 0.6) is 0 Å². The van der Waals surface area contributed by atoms with E-state index in [0.717, 1.165) is 5.56 Å². The van der Waals surface area contributed by atoms with Crippen LogP contribution in [-0.2, 0) is 0 Å². The molecule has 1 aromatic rings. The van der Waals surface area contributed by atoms with E-state index in [-0.39, 0.29) is 5.82 Å². The van der Waals surface area contributed by atoms with Gasteiger partial charge in [0.1, 0.15) is 5.82 Å². The summed E-state index contributed by atoms with van der Waals surface area (Å²) in [5.41, 5.74) is 0.950. The fraction of sp³-hybridized carbons (Fsp3) is 0. The van der Waals surface area contributed by atoms with Gasteiger partial charge in [0.25, 0.3) is 0 Å². The quantitative estimate of drug-likeness (QED) is 0.670. The fourth-order valence-electron chi connectivity index (χ4n) is 0.639. The lowest BCUT2D eigenvalue weighted by molar-refractivity contribution is 0.620. The number of hydrogen-bond donors (Lipinski definition) is 0. The molecule has 0 bridgehead atoms. The summed E-state index contributed by atoms with van der Waals surface area (Å²) in [6.07, 6.45) is 1.70. The molecule has 0 saturated heterocycles. The van der Waals surface area contributed by atoms with E-state index in [9.17, 15) is 4.39 Å². The molecule has 0 saturated carbocycles. The molecule has 0 aliphatic heterocycles. The predicted octanol–water partition coefficient (Wildman–Crippen LogP) is 3.07. The topological polar surface area (TPSA) is 0 Å². The Hall–Kier alpha value is -0.380. The zero-order valence-electron chi connectivity index (χ0n) is 5.27. The second-order valence-corrected chi connectivity index (χ2v) is 3.04. The van der Waals surface area contributed by atoms with E-state index in [4.69, 9.17) is 0 Å². The van der Waals surface area contributed by atoms with Crippen molar-refractivity contribution in [2.45, 2.75) is 0 Å². The van der Waals surface area contributed by atoms with E-state index in [1.54, 1.807) is 18.2 Å². The van der Waals surface area contributed by atoms with Gasteiger partial charge in [-0.25, -0.2) is 4.39 Å². The molecule has 0 unspecified atom stereocenters. The van der Waals surface area contributed by atoms with Crippen molar-refractivity contribution in [1.29, 1.82) is 0 Å². The minimum Gasteiger partial charge on any atom is -0.206 e. The van der Waals surface area contributed by atoms with Gasteiger partial charge < -0.3 is 0 Å². The summed E-state index contributed by atoms with van der Waals surface area (Å²) in [6.45, 7) is 3.58.